The molecule has 3 heterocycles. The topological polar surface area (TPSA) is 81.1 Å². The van der Waals surface area contributed by atoms with Gasteiger partial charge in [-0.05, 0) is 49.1 Å². The SMILES string of the molecule is Cl.NCC(c1ccc(F)cc1)c1nc(-c2ccc(N3CCCCC3)nc2)no1. The number of benzene rings is 1. The highest BCUT2D eigenvalue weighted by Crippen LogP contribution is 2.26. The Labute approximate surface area is 169 Å². The molecule has 28 heavy (non-hydrogen) atoms. The van der Waals surface area contributed by atoms with E-state index in [1.807, 2.05) is 12.1 Å². The molecule has 1 aromatic carbocycles. The van der Waals surface area contributed by atoms with Crippen molar-refractivity contribution < 1.29 is 8.91 Å². The maximum Gasteiger partial charge on any atom is 0.235 e. The van der Waals surface area contributed by atoms with Crippen molar-refractivity contribution >= 4 is 18.2 Å². The van der Waals surface area contributed by atoms with Gasteiger partial charge in [-0.25, -0.2) is 9.37 Å². The molecule has 1 fully saturated rings. The average Bonchev–Trinajstić information content (AvgIpc) is 3.21. The van der Waals surface area contributed by atoms with Gasteiger partial charge in [0.1, 0.15) is 11.6 Å². The van der Waals surface area contributed by atoms with E-state index in [1.165, 1.54) is 31.4 Å². The number of nitrogens with zero attached hydrogens (tertiary/aromatic N) is 4. The zero-order valence-electron chi connectivity index (χ0n) is 15.4. The maximum atomic E-state index is 13.2. The molecule has 8 heteroatoms. The monoisotopic (exact) mass is 403 g/mol. The fraction of sp³-hybridized carbons (Fsp3) is 0.350. The molecule has 2 N–H and O–H groups in total. The fourth-order valence-electron chi connectivity index (χ4n) is 3.40. The number of nitrogens with two attached hydrogens (primary N) is 1. The molecule has 0 saturated carbocycles. The molecule has 2 aromatic heterocycles. The van der Waals surface area contributed by atoms with Gasteiger partial charge < -0.3 is 15.2 Å². The molecule has 1 saturated heterocycles. The highest BCUT2D eigenvalue weighted by atomic mass is 35.5. The number of hydrogen-bond donors (Lipinski definition) is 1. The number of piperidine rings is 1. The van der Waals surface area contributed by atoms with Crippen molar-refractivity contribution in [1.82, 2.24) is 15.1 Å². The Kier molecular flexibility index (Phi) is 6.59. The van der Waals surface area contributed by atoms with Crippen molar-refractivity contribution in [3.8, 4) is 11.4 Å². The largest absolute Gasteiger partial charge is 0.357 e. The average molecular weight is 404 g/mol. The summed E-state index contributed by atoms with van der Waals surface area (Å²) in [6.45, 7) is 2.39. The lowest BCUT2D eigenvalue weighted by atomic mass is 9.99. The first-order valence-corrected chi connectivity index (χ1v) is 9.25. The summed E-state index contributed by atoms with van der Waals surface area (Å²) in [7, 11) is 0. The predicted molar refractivity (Wildman–Crippen MR) is 108 cm³/mol. The molecule has 6 nitrogen and oxygen atoms in total. The smallest absolute Gasteiger partial charge is 0.235 e. The molecule has 0 radical (unpaired) electrons. The molecule has 3 aromatic rings. The first-order chi connectivity index (χ1) is 13.2. The van der Waals surface area contributed by atoms with Crippen molar-refractivity contribution in [2.75, 3.05) is 24.5 Å². The molecular weight excluding hydrogens is 381 g/mol. The highest BCUT2D eigenvalue weighted by molar-refractivity contribution is 5.85. The van der Waals surface area contributed by atoms with Gasteiger partial charge in [-0.3, -0.25) is 0 Å². The van der Waals surface area contributed by atoms with E-state index < -0.39 is 0 Å². The van der Waals surface area contributed by atoms with Crippen LogP contribution >= 0.6 is 12.4 Å². The second-order valence-electron chi connectivity index (χ2n) is 6.75. The van der Waals surface area contributed by atoms with Gasteiger partial charge in [0.2, 0.25) is 11.7 Å². The van der Waals surface area contributed by atoms with E-state index >= 15 is 0 Å². The van der Waals surface area contributed by atoms with E-state index in [9.17, 15) is 4.39 Å². The molecule has 0 amide bonds. The molecule has 1 aliphatic rings. The van der Waals surface area contributed by atoms with Crippen LogP contribution in [0.1, 0.15) is 36.6 Å². The number of halogens is 2. The van der Waals surface area contributed by atoms with Gasteiger partial charge >= 0.3 is 0 Å². The Bertz CT molecular complexity index is 878. The summed E-state index contributed by atoms with van der Waals surface area (Å²) in [5.41, 5.74) is 7.52. The molecule has 0 aliphatic carbocycles. The van der Waals surface area contributed by atoms with Gasteiger partial charge in [-0.15, -0.1) is 12.4 Å². The third kappa shape index (κ3) is 4.31. The van der Waals surface area contributed by atoms with E-state index in [2.05, 4.69) is 20.0 Å². The molecule has 0 spiro atoms. The van der Waals surface area contributed by atoms with E-state index in [0.717, 1.165) is 30.0 Å². The van der Waals surface area contributed by atoms with E-state index in [1.54, 1.807) is 18.3 Å². The molecule has 1 aliphatic heterocycles. The van der Waals surface area contributed by atoms with Crippen LogP contribution in [0.3, 0.4) is 0 Å². The minimum atomic E-state index is -0.291. The quantitative estimate of drug-likeness (QED) is 0.698. The van der Waals surface area contributed by atoms with E-state index in [4.69, 9.17) is 10.3 Å². The van der Waals surface area contributed by atoms with Gasteiger partial charge in [0.25, 0.3) is 0 Å². The predicted octanol–water partition coefficient (Wildman–Crippen LogP) is 3.77. The molecule has 0 bridgehead atoms. The van der Waals surface area contributed by atoms with Crippen LogP contribution in [0, 0.1) is 5.82 Å². The van der Waals surface area contributed by atoms with Crippen molar-refractivity contribution in [2.24, 2.45) is 5.73 Å². The zero-order valence-corrected chi connectivity index (χ0v) is 16.2. The van der Waals surface area contributed by atoms with Crippen LogP contribution in [0.4, 0.5) is 10.2 Å². The fourth-order valence-corrected chi connectivity index (χ4v) is 3.40. The lowest BCUT2D eigenvalue weighted by Gasteiger charge is -2.27. The second kappa shape index (κ2) is 9.12. The third-order valence-electron chi connectivity index (χ3n) is 4.93. The minimum absolute atomic E-state index is 0. The Balaban J connectivity index is 0.00000225. The minimum Gasteiger partial charge on any atom is -0.357 e. The molecular formula is C20H23ClFN5O. The first kappa shape index (κ1) is 20.2. The number of rotatable bonds is 5. The van der Waals surface area contributed by atoms with Crippen molar-refractivity contribution in [1.29, 1.82) is 0 Å². The summed E-state index contributed by atoms with van der Waals surface area (Å²) in [6.07, 6.45) is 5.48. The van der Waals surface area contributed by atoms with Crippen LogP contribution in [0.2, 0.25) is 0 Å². The normalized spacial score (nSPS) is 15.1. The highest BCUT2D eigenvalue weighted by Gasteiger charge is 2.21. The molecule has 4 rings (SSSR count). The summed E-state index contributed by atoms with van der Waals surface area (Å²) in [4.78, 5) is 11.3. The molecule has 1 unspecified atom stereocenters. The third-order valence-corrected chi connectivity index (χ3v) is 4.93. The van der Waals surface area contributed by atoms with E-state index in [-0.39, 0.29) is 24.1 Å². The number of pyridine rings is 1. The summed E-state index contributed by atoms with van der Waals surface area (Å²) < 4.78 is 18.6. The number of anilines is 1. The Morgan fingerprint density at radius 3 is 2.46 bits per heavy atom. The summed E-state index contributed by atoms with van der Waals surface area (Å²) in [6, 6.07) is 10.1. The van der Waals surface area contributed by atoms with Crippen LogP contribution < -0.4 is 10.6 Å². The van der Waals surface area contributed by atoms with Crippen LogP contribution in [0.5, 0.6) is 0 Å². The zero-order chi connectivity index (χ0) is 18.6. The standard InChI is InChI=1S/C20H22FN5O.ClH/c21-16-7-4-14(5-8-16)17(12-22)20-24-19(25-27-20)15-6-9-18(23-13-15)26-10-2-1-3-11-26;/h4-9,13,17H,1-3,10-12,22H2;1H. The van der Waals surface area contributed by atoms with Crippen LogP contribution in [0.25, 0.3) is 11.4 Å². The van der Waals surface area contributed by atoms with E-state index in [0.29, 0.717) is 18.3 Å². The Morgan fingerprint density at radius 2 is 1.82 bits per heavy atom. The Hall–Kier alpha value is -2.51. The lowest BCUT2D eigenvalue weighted by molar-refractivity contribution is 0.367. The van der Waals surface area contributed by atoms with Crippen molar-refractivity contribution in [3.63, 3.8) is 0 Å². The lowest BCUT2D eigenvalue weighted by Crippen LogP contribution is -2.29. The molecule has 148 valence electrons. The van der Waals surface area contributed by atoms with Crippen molar-refractivity contribution in [2.45, 2.75) is 25.2 Å². The van der Waals surface area contributed by atoms with Crippen LogP contribution in [-0.2, 0) is 0 Å². The second-order valence-corrected chi connectivity index (χ2v) is 6.75. The maximum absolute atomic E-state index is 13.2. The summed E-state index contributed by atoms with van der Waals surface area (Å²) in [5.74, 6) is 1.31. The van der Waals surface area contributed by atoms with Gasteiger partial charge in [-0.2, -0.15) is 4.98 Å². The van der Waals surface area contributed by atoms with Gasteiger partial charge in [0.05, 0.1) is 5.92 Å². The van der Waals surface area contributed by atoms with Gasteiger partial charge in [0.15, 0.2) is 0 Å². The van der Waals surface area contributed by atoms with Gasteiger partial charge in [0, 0.05) is 31.4 Å². The van der Waals surface area contributed by atoms with Crippen LogP contribution in [0.15, 0.2) is 47.1 Å². The number of aromatic nitrogens is 3. The van der Waals surface area contributed by atoms with Gasteiger partial charge in [-0.1, -0.05) is 17.3 Å². The summed E-state index contributed by atoms with van der Waals surface area (Å²) >= 11 is 0. The van der Waals surface area contributed by atoms with Crippen LogP contribution in [-0.4, -0.2) is 34.8 Å². The Morgan fingerprint density at radius 1 is 1.07 bits per heavy atom. The molecule has 1 atom stereocenters. The summed E-state index contributed by atoms with van der Waals surface area (Å²) in [5, 5.41) is 4.07. The number of hydrogen-bond acceptors (Lipinski definition) is 6. The van der Waals surface area contributed by atoms with Crippen molar-refractivity contribution in [3.05, 3.63) is 59.9 Å². The first-order valence-electron chi connectivity index (χ1n) is 9.25.